The second kappa shape index (κ2) is 5.03. The largest absolute Gasteiger partial charge is 0.454 e. The molecule has 2 aliphatic rings. The van der Waals surface area contributed by atoms with Crippen molar-refractivity contribution < 1.29 is 17.9 Å². The zero-order valence-electron chi connectivity index (χ0n) is 12.9. The summed E-state index contributed by atoms with van der Waals surface area (Å²) in [6.45, 7) is 0.271. The molecule has 5 nitrogen and oxygen atoms in total. The molecule has 0 spiro atoms. The van der Waals surface area contributed by atoms with E-state index in [0.717, 1.165) is 10.8 Å². The molecule has 0 amide bonds. The van der Waals surface area contributed by atoms with Crippen LogP contribution in [0, 0.1) is 0 Å². The van der Waals surface area contributed by atoms with Crippen molar-refractivity contribution in [2.24, 2.45) is 0 Å². The SMILES string of the molecule is O=S1(=O)c2cccc3cccc(c23)N1Cc1cc2c(cc1Cl)OCO2. The first kappa shape index (κ1) is 14.9. The smallest absolute Gasteiger partial charge is 0.265 e. The Bertz CT molecular complexity index is 1140. The summed E-state index contributed by atoms with van der Waals surface area (Å²) in [7, 11) is -3.62. The van der Waals surface area contributed by atoms with E-state index in [9.17, 15) is 8.42 Å². The van der Waals surface area contributed by atoms with Gasteiger partial charge in [-0.25, -0.2) is 8.42 Å². The van der Waals surface area contributed by atoms with Crippen molar-refractivity contribution in [3.8, 4) is 11.5 Å². The number of halogens is 1. The van der Waals surface area contributed by atoms with Gasteiger partial charge in [0, 0.05) is 16.5 Å². The highest BCUT2D eigenvalue weighted by atomic mass is 35.5. The van der Waals surface area contributed by atoms with Crippen molar-refractivity contribution >= 4 is 38.1 Å². The number of sulfonamides is 1. The Balaban J connectivity index is 1.66. The molecule has 5 rings (SSSR count). The van der Waals surface area contributed by atoms with Crippen molar-refractivity contribution in [2.45, 2.75) is 11.4 Å². The molecular formula is C18H12ClNO4S. The van der Waals surface area contributed by atoms with Gasteiger partial charge in [-0.2, -0.15) is 0 Å². The lowest BCUT2D eigenvalue weighted by Gasteiger charge is -2.19. The normalized spacial score (nSPS) is 16.6. The van der Waals surface area contributed by atoms with Gasteiger partial charge in [0.15, 0.2) is 11.5 Å². The molecule has 0 unspecified atom stereocenters. The highest BCUT2D eigenvalue weighted by molar-refractivity contribution is 7.93. The number of rotatable bonds is 2. The highest BCUT2D eigenvalue weighted by Gasteiger charge is 2.36. The number of ether oxygens (including phenoxy) is 2. The molecule has 0 fully saturated rings. The molecule has 25 heavy (non-hydrogen) atoms. The third kappa shape index (κ3) is 2.04. The third-order valence-corrected chi connectivity index (χ3v) is 6.69. The van der Waals surface area contributed by atoms with Gasteiger partial charge in [0.1, 0.15) is 0 Å². The van der Waals surface area contributed by atoms with E-state index >= 15 is 0 Å². The molecule has 2 aliphatic heterocycles. The van der Waals surface area contributed by atoms with Crippen molar-refractivity contribution in [3.05, 3.63) is 59.1 Å². The van der Waals surface area contributed by atoms with Gasteiger partial charge in [0.05, 0.1) is 17.1 Å². The van der Waals surface area contributed by atoms with Gasteiger partial charge in [-0.1, -0.05) is 35.9 Å². The topological polar surface area (TPSA) is 55.8 Å². The summed E-state index contributed by atoms with van der Waals surface area (Å²) in [5.41, 5.74) is 1.33. The zero-order chi connectivity index (χ0) is 17.2. The number of hydrogen-bond donors (Lipinski definition) is 0. The number of fused-ring (bicyclic) bond motifs is 1. The van der Waals surface area contributed by atoms with E-state index in [-0.39, 0.29) is 13.3 Å². The van der Waals surface area contributed by atoms with Gasteiger partial charge in [-0.3, -0.25) is 4.31 Å². The second-order valence-electron chi connectivity index (χ2n) is 5.94. The fourth-order valence-corrected chi connectivity index (χ4v) is 5.27. The van der Waals surface area contributed by atoms with Gasteiger partial charge in [0.2, 0.25) is 6.79 Å². The van der Waals surface area contributed by atoms with Crippen LogP contribution < -0.4 is 13.8 Å². The Hall–Kier alpha value is -2.44. The molecule has 3 aromatic carbocycles. The summed E-state index contributed by atoms with van der Waals surface area (Å²) in [4.78, 5) is 0.331. The Kier molecular flexibility index (Phi) is 2.99. The minimum atomic E-state index is -3.62. The first-order chi connectivity index (χ1) is 12.1. The Labute approximate surface area is 149 Å². The maximum Gasteiger partial charge on any atom is 0.265 e. The van der Waals surface area contributed by atoms with Crippen LogP contribution in [0.25, 0.3) is 10.8 Å². The quantitative estimate of drug-likeness (QED) is 0.683. The maximum atomic E-state index is 13.0. The van der Waals surface area contributed by atoms with Gasteiger partial charge >= 0.3 is 0 Å². The molecule has 0 radical (unpaired) electrons. The van der Waals surface area contributed by atoms with Crippen LogP contribution in [0.15, 0.2) is 53.4 Å². The summed E-state index contributed by atoms with van der Waals surface area (Å²) in [6, 6.07) is 14.3. The van der Waals surface area contributed by atoms with Crippen LogP contribution in [0.4, 0.5) is 5.69 Å². The number of hydrogen-bond acceptors (Lipinski definition) is 4. The lowest BCUT2D eigenvalue weighted by atomic mass is 10.1. The first-order valence-electron chi connectivity index (χ1n) is 7.68. The van der Waals surface area contributed by atoms with E-state index < -0.39 is 10.0 Å². The predicted molar refractivity (Wildman–Crippen MR) is 94.9 cm³/mol. The van der Waals surface area contributed by atoms with E-state index in [1.54, 1.807) is 24.3 Å². The van der Waals surface area contributed by atoms with E-state index in [4.69, 9.17) is 21.1 Å². The lowest BCUT2D eigenvalue weighted by molar-refractivity contribution is 0.174. The molecule has 0 aliphatic carbocycles. The van der Waals surface area contributed by atoms with Crippen molar-refractivity contribution in [3.63, 3.8) is 0 Å². The summed E-state index contributed by atoms with van der Waals surface area (Å²) in [6.07, 6.45) is 0. The van der Waals surface area contributed by atoms with E-state index in [2.05, 4.69) is 0 Å². The standard InChI is InChI=1S/C18H12ClNO4S/c19-13-8-16-15(23-10-24-16)7-12(13)9-20-14-5-1-3-11-4-2-6-17(18(11)14)25(20,21)22/h1-8H,9-10H2. The van der Waals surface area contributed by atoms with Gasteiger partial charge in [-0.15, -0.1) is 0 Å². The molecule has 7 heteroatoms. The van der Waals surface area contributed by atoms with Crippen LogP contribution in [0.5, 0.6) is 11.5 Å². The Morgan fingerprint density at radius 2 is 1.76 bits per heavy atom. The molecule has 0 saturated carbocycles. The minimum Gasteiger partial charge on any atom is -0.454 e. The van der Waals surface area contributed by atoms with Crippen LogP contribution in [0.1, 0.15) is 5.56 Å². The van der Waals surface area contributed by atoms with Crippen LogP contribution in [0.3, 0.4) is 0 Å². The molecule has 0 aromatic heterocycles. The summed E-state index contributed by atoms with van der Waals surface area (Å²) < 4.78 is 38.2. The minimum absolute atomic E-state index is 0.131. The fraction of sp³-hybridized carbons (Fsp3) is 0.111. The van der Waals surface area contributed by atoms with E-state index in [0.29, 0.717) is 32.7 Å². The zero-order valence-corrected chi connectivity index (χ0v) is 14.5. The summed E-state index contributed by atoms with van der Waals surface area (Å²) >= 11 is 6.34. The molecule has 0 saturated heterocycles. The van der Waals surface area contributed by atoms with E-state index in [1.807, 2.05) is 24.3 Å². The van der Waals surface area contributed by atoms with Crippen LogP contribution >= 0.6 is 11.6 Å². The fourth-order valence-electron chi connectivity index (χ4n) is 3.36. The summed E-state index contributed by atoms with van der Waals surface area (Å²) in [5, 5.41) is 2.10. The third-order valence-electron chi connectivity index (χ3n) is 4.54. The first-order valence-corrected chi connectivity index (χ1v) is 9.50. The highest BCUT2D eigenvalue weighted by Crippen LogP contribution is 2.44. The Morgan fingerprint density at radius 3 is 2.56 bits per heavy atom. The molecule has 0 bridgehead atoms. The monoisotopic (exact) mass is 373 g/mol. The molecule has 0 N–H and O–H groups in total. The van der Waals surface area contributed by atoms with Gasteiger partial charge in [-0.05, 0) is 29.1 Å². The number of nitrogens with zero attached hydrogens (tertiary/aromatic N) is 1. The molecule has 2 heterocycles. The van der Waals surface area contributed by atoms with Crippen molar-refractivity contribution in [2.75, 3.05) is 11.1 Å². The predicted octanol–water partition coefficient (Wildman–Crippen LogP) is 3.93. The molecular weight excluding hydrogens is 362 g/mol. The number of benzene rings is 3. The average Bonchev–Trinajstić information content (AvgIpc) is 3.13. The molecule has 0 atom stereocenters. The van der Waals surface area contributed by atoms with Gasteiger partial charge in [0.25, 0.3) is 10.0 Å². The van der Waals surface area contributed by atoms with Crippen LogP contribution in [-0.4, -0.2) is 15.2 Å². The number of anilines is 1. The maximum absolute atomic E-state index is 13.0. The Morgan fingerprint density at radius 1 is 1.04 bits per heavy atom. The average molecular weight is 374 g/mol. The van der Waals surface area contributed by atoms with Crippen LogP contribution in [-0.2, 0) is 16.6 Å². The molecule has 126 valence electrons. The summed E-state index contributed by atoms with van der Waals surface area (Å²) in [5.74, 6) is 1.15. The van der Waals surface area contributed by atoms with Crippen molar-refractivity contribution in [1.29, 1.82) is 0 Å². The second-order valence-corrected chi connectivity index (χ2v) is 8.18. The van der Waals surface area contributed by atoms with Crippen LogP contribution in [0.2, 0.25) is 5.02 Å². The van der Waals surface area contributed by atoms with Crippen molar-refractivity contribution in [1.82, 2.24) is 0 Å². The van der Waals surface area contributed by atoms with E-state index in [1.165, 1.54) is 4.31 Å². The van der Waals surface area contributed by atoms with Gasteiger partial charge < -0.3 is 9.47 Å². The lowest BCUT2D eigenvalue weighted by Crippen LogP contribution is -2.26. The molecule has 3 aromatic rings.